The summed E-state index contributed by atoms with van der Waals surface area (Å²) in [6.45, 7) is 8.09. The van der Waals surface area contributed by atoms with Crippen molar-refractivity contribution in [1.29, 1.82) is 0 Å². The minimum Gasteiger partial charge on any atom is -0.458 e. The van der Waals surface area contributed by atoms with Gasteiger partial charge in [-0.3, -0.25) is 0 Å². The maximum absolute atomic E-state index is 5.07. The fourth-order valence-electron chi connectivity index (χ4n) is 0.818. The Bertz CT molecular complexity index is 170. The van der Waals surface area contributed by atoms with Gasteiger partial charge in [0.05, 0.1) is 0 Å². The maximum Gasteiger partial charge on any atom is 0.157 e. The van der Waals surface area contributed by atoms with Crippen LogP contribution in [0.5, 0.6) is 0 Å². The Morgan fingerprint density at radius 3 is 2.80 bits per heavy atom. The monoisotopic (exact) mass is 156 g/mol. The van der Waals surface area contributed by atoms with Gasteiger partial charge >= 0.3 is 0 Å². The second-order valence-electron chi connectivity index (χ2n) is 2.77. The van der Waals surface area contributed by atoms with Crippen LogP contribution in [0.1, 0.15) is 20.3 Å². The van der Waals surface area contributed by atoms with Crippen molar-refractivity contribution >= 4 is 11.8 Å². The summed E-state index contributed by atoms with van der Waals surface area (Å²) in [7, 11) is 0. The highest BCUT2D eigenvalue weighted by atomic mass is 32.2. The number of thioether (sulfide) groups is 1. The molecule has 0 amide bonds. The van der Waals surface area contributed by atoms with Crippen LogP contribution in [0.3, 0.4) is 0 Å². The summed E-state index contributed by atoms with van der Waals surface area (Å²) in [6, 6.07) is 0. The van der Waals surface area contributed by atoms with E-state index in [0.29, 0.717) is 5.92 Å². The number of ether oxygens (including phenoxy) is 1. The Balaban J connectivity index is 2.37. The highest BCUT2D eigenvalue weighted by Crippen LogP contribution is 2.35. The molecule has 0 unspecified atom stereocenters. The SMILES string of the molecule is C=C1OC=C(CC(C)C)S1. The fourth-order valence-corrected chi connectivity index (χ4v) is 1.72. The van der Waals surface area contributed by atoms with Gasteiger partial charge in [-0.25, -0.2) is 0 Å². The molecule has 1 aliphatic rings. The van der Waals surface area contributed by atoms with Gasteiger partial charge in [0.2, 0.25) is 0 Å². The molecule has 0 aromatic heterocycles. The lowest BCUT2D eigenvalue weighted by Gasteiger charge is -2.00. The molecule has 1 nitrogen and oxygen atoms in total. The molecule has 0 saturated heterocycles. The van der Waals surface area contributed by atoms with E-state index in [1.807, 2.05) is 0 Å². The van der Waals surface area contributed by atoms with E-state index in [1.54, 1.807) is 18.0 Å². The molecule has 0 saturated carbocycles. The van der Waals surface area contributed by atoms with Crippen LogP contribution >= 0.6 is 11.8 Å². The van der Waals surface area contributed by atoms with Gasteiger partial charge in [-0.1, -0.05) is 25.6 Å². The van der Waals surface area contributed by atoms with Gasteiger partial charge < -0.3 is 4.74 Å². The molecule has 1 heterocycles. The predicted molar refractivity (Wildman–Crippen MR) is 45.4 cm³/mol. The molecule has 2 heteroatoms. The maximum atomic E-state index is 5.07. The van der Waals surface area contributed by atoms with Crippen LogP contribution < -0.4 is 0 Å². The van der Waals surface area contributed by atoms with Crippen molar-refractivity contribution in [3.05, 3.63) is 22.8 Å². The highest BCUT2D eigenvalue weighted by Gasteiger charge is 2.11. The van der Waals surface area contributed by atoms with Crippen LogP contribution in [-0.4, -0.2) is 0 Å². The minimum absolute atomic E-state index is 0.702. The molecule has 56 valence electrons. The molecule has 0 aliphatic carbocycles. The Kier molecular flexibility index (Phi) is 2.44. The summed E-state index contributed by atoms with van der Waals surface area (Å²) in [5.74, 6) is 0.702. The number of allylic oxidation sites excluding steroid dienone is 1. The molecule has 0 N–H and O–H groups in total. The van der Waals surface area contributed by atoms with Gasteiger partial charge in [-0.15, -0.1) is 0 Å². The lowest BCUT2D eigenvalue weighted by Crippen LogP contribution is -1.85. The summed E-state index contributed by atoms with van der Waals surface area (Å²) in [6.07, 6.45) is 2.90. The van der Waals surface area contributed by atoms with Gasteiger partial charge in [0.15, 0.2) is 5.09 Å². The standard InChI is InChI=1S/C8H12OS/c1-6(2)4-8-5-9-7(3)10-8/h5-6H,3-4H2,1-2H3. The smallest absolute Gasteiger partial charge is 0.157 e. The molecular formula is C8H12OS. The van der Waals surface area contributed by atoms with Gasteiger partial charge in [0, 0.05) is 4.91 Å². The first-order chi connectivity index (χ1) is 4.68. The van der Waals surface area contributed by atoms with Gasteiger partial charge in [-0.2, -0.15) is 0 Å². The molecule has 0 aromatic rings. The van der Waals surface area contributed by atoms with Crippen LogP contribution in [0.25, 0.3) is 0 Å². The van der Waals surface area contributed by atoms with Crippen LogP contribution in [0.4, 0.5) is 0 Å². The average Bonchev–Trinajstić information content (AvgIpc) is 2.13. The van der Waals surface area contributed by atoms with E-state index in [4.69, 9.17) is 4.74 Å². The van der Waals surface area contributed by atoms with Gasteiger partial charge in [-0.05, 0) is 18.9 Å². The Labute approximate surface area is 66.1 Å². The first-order valence-electron chi connectivity index (χ1n) is 3.41. The largest absolute Gasteiger partial charge is 0.458 e. The summed E-state index contributed by atoms with van der Waals surface area (Å²) in [5, 5.41) is 0.802. The zero-order valence-electron chi connectivity index (χ0n) is 6.39. The van der Waals surface area contributed by atoms with Crippen LogP contribution in [0, 0.1) is 5.92 Å². The zero-order valence-corrected chi connectivity index (χ0v) is 7.20. The summed E-state index contributed by atoms with van der Waals surface area (Å²) in [5.41, 5.74) is 0. The number of rotatable bonds is 2. The second-order valence-corrected chi connectivity index (χ2v) is 3.96. The Morgan fingerprint density at radius 1 is 1.70 bits per heavy atom. The molecule has 0 fully saturated rings. The van der Waals surface area contributed by atoms with Crippen molar-refractivity contribution in [1.82, 2.24) is 0 Å². The second kappa shape index (κ2) is 3.15. The van der Waals surface area contributed by atoms with Crippen molar-refractivity contribution < 1.29 is 4.74 Å². The molecular weight excluding hydrogens is 144 g/mol. The Hall–Kier alpha value is -0.370. The van der Waals surface area contributed by atoms with Gasteiger partial charge in [0.1, 0.15) is 6.26 Å². The summed E-state index contributed by atoms with van der Waals surface area (Å²) < 4.78 is 5.07. The zero-order chi connectivity index (χ0) is 7.56. The lowest BCUT2D eigenvalue weighted by molar-refractivity contribution is 0.394. The molecule has 0 atom stereocenters. The van der Waals surface area contributed by atoms with E-state index in [1.165, 1.54) is 4.91 Å². The first kappa shape index (κ1) is 7.73. The molecule has 0 spiro atoms. The van der Waals surface area contributed by atoms with Crippen molar-refractivity contribution in [3.63, 3.8) is 0 Å². The van der Waals surface area contributed by atoms with E-state index in [9.17, 15) is 0 Å². The topological polar surface area (TPSA) is 9.23 Å². The normalized spacial score (nSPS) is 17.5. The quantitative estimate of drug-likeness (QED) is 0.607. The molecule has 10 heavy (non-hydrogen) atoms. The van der Waals surface area contributed by atoms with E-state index in [0.717, 1.165) is 11.5 Å². The lowest BCUT2D eigenvalue weighted by atomic mass is 10.1. The van der Waals surface area contributed by atoms with Crippen molar-refractivity contribution in [2.24, 2.45) is 5.92 Å². The summed E-state index contributed by atoms with van der Waals surface area (Å²) in [4.78, 5) is 1.29. The Morgan fingerprint density at radius 2 is 2.40 bits per heavy atom. The third-order valence-electron chi connectivity index (χ3n) is 1.18. The van der Waals surface area contributed by atoms with Crippen molar-refractivity contribution in [2.75, 3.05) is 0 Å². The van der Waals surface area contributed by atoms with Crippen LogP contribution in [-0.2, 0) is 4.74 Å². The third kappa shape index (κ3) is 2.10. The van der Waals surface area contributed by atoms with E-state index in [-0.39, 0.29) is 0 Å². The van der Waals surface area contributed by atoms with Gasteiger partial charge in [0.25, 0.3) is 0 Å². The van der Waals surface area contributed by atoms with E-state index >= 15 is 0 Å². The fraction of sp³-hybridized carbons (Fsp3) is 0.500. The molecule has 0 bridgehead atoms. The number of hydrogen-bond acceptors (Lipinski definition) is 2. The molecule has 0 aromatic carbocycles. The summed E-state index contributed by atoms with van der Waals surface area (Å²) >= 11 is 1.64. The number of hydrogen-bond donors (Lipinski definition) is 0. The minimum atomic E-state index is 0.702. The van der Waals surface area contributed by atoms with E-state index in [2.05, 4.69) is 20.4 Å². The van der Waals surface area contributed by atoms with Crippen LogP contribution in [0.2, 0.25) is 0 Å². The van der Waals surface area contributed by atoms with E-state index < -0.39 is 0 Å². The molecule has 1 rings (SSSR count). The van der Waals surface area contributed by atoms with Crippen LogP contribution in [0.15, 0.2) is 22.8 Å². The third-order valence-corrected chi connectivity index (χ3v) is 2.03. The predicted octanol–water partition coefficient (Wildman–Crippen LogP) is 3.11. The molecule has 0 radical (unpaired) electrons. The first-order valence-corrected chi connectivity index (χ1v) is 4.22. The van der Waals surface area contributed by atoms with Crippen molar-refractivity contribution in [3.8, 4) is 0 Å². The highest BCUT2D eigenvalue weighted by molar-refractivity contribution is 8.06. The molecule has 1 aliphatic heterocycles. The van der Waals surface area contributed by atoms with Crippen molar-refractivity contribution in [2.45, 2.75) is 20.3 Å². The average molecular weight is 156 g/mol.